The van der Waals surface area contributed by atoms with Crippen LogP contribution in [0.25, 0.3) is 0 Å². The summed E-state index contributed by atoms with van der Waals surface area (Å²) in [5, 5.41) is 16.7. The summed E-state index contributed by atoms with van der Waals surface area (Å²) >= 11 is 0. The van der Waals surface area contributed by atoms with E-state index in [-0.39, 0.29) is 18.0 Å². The van der Waals surface area contributed by atoms with Crippen molar-refractivity contribution < 1.29 is 14.7 Å². The van der Waals surface area contributed by atoms with E-state index in [9.17, 15) is 9.59 Å². The molecule has 7 nitrogen and oxygen atoms in total. The van der Waals surface area contributed by atoms with E-state index >= 15 is 0 Å². The highest BCUT2D eigenvalue weighted by molar-refractivity contribution is 5.92. The summed E-state index contributed by atoms with van der Waals surface area (Å²) < 4.78 is 0. The first-order valence-corrected chi connectivity index (χ1v) is 6.02. The summed E-state index contributed by atoms with van der Waals surface area (Å²) in [5.41, 5.74) is 1.19. The molecule has 0 atom stereocenters. The fourth-order valence-corrected chi connectivity index (χ4v) is 2.01. The minimum absolute atomic E-state index is 0.0214. The molecular formula is C12H16N4O3. The van der Waals surface area contributed by atoms with Gasteiger partial charge in [0.2, 0.25) is 0 Å². The third-order valence-corrected chi connectivity index (χ3v) is 3.06. The molecule has 1 saturated carbocycles. The molecule has 1 aliphatic carbocycles. The van der Waals surface area contributed by atoms with Crippen molar-refractivity contribution in [2.45, 2.75) is 24.9 Å². The summed E-state index contributed by atoms with van der Waals surface area (Å²) in [6.07, 6.45) is 2.12. The molecule has 102 valence electrons. The van der Waals surface area contributed by atoms with Crippen LogP contribution in [0, 0.1) is 0 Å². The lowest BCUT2D eigenvalue weighted by molar-refractivity contribution is 0.0958. The monoisotopic (exact) mass is 264 g/mol. The molecule has 2 rings (SSSR count). The van der Waals surface area contributed by atoms with Gasteiger partial charge in [-0.15, -0.1) is 0 Å². The standard InChI is InChI=1S/C12H16N4O3/c1-13-11(17)10-3-2-7(6-14-10)15-8-4-9(5-8)16-12(18)19/h2-3,6,8-9,15-16H,4-5H2,1H3,(H,13,17)(H,18,19). The molecule has 7 heteroatoms. The number of hydrogen-bond acceptors (Lipinski definition) is 4. The van der Waals surface area contributed by atoms with Gasteiger partial charge in [-0.05, 0) is 25.0 Å². The summed E-state index contributed by atoms with van der Waals surface area (Å²) in [4.78, 5) is 25.8. The molecule has 0 unspecified atom stereocenters. The fourth-order valence-electron chi connectivity index (χ4n) is 2.01. The zero-order valence-electron chi connectivity index (χ0n) is 10.5. The van der Waals surface area contributed by atoms with Crippen LogP contribution in [-0.2, 0) is 0 Å². The number of rotatable bonds is 4. The van der Waals surface area contributed by atoms with Gasteiger partial charge in [0.05, 0.1) is 11.9 Å². The van der Waals surface area contributed by atoms with Crippen LogP contribution in [0.3, 0.4) is 0 Å². The van der Waals surface area contributed by atoms with E-state index < -0.39 is 6.09 Å². The Bertz CT molecular complexity index is 468. The zero-order chi connectivity index (χ0) is 13.8. The highest BCUT2D eigenvalue weighted by Gasteiger charge is 2.30. The lowest BCUT2D eigenvalue weighted by atomic mass is 9.87. The second kappa shape index (κ2) is 5.55. The molecule has 1 aliphatic rings. The normalized spacial score (nSPS) is 21.1. The van der Waals surface area contributed by atoms with Crippen molar-refractivity contribution in [2.75, 3.05) is 12.4 Å². The van der Waals surface area contributed by atoms with Crippen molar-refractivity contribution in [1.29, 1.82) is 0 Å². The number of anilines is 1. The number of carbonyl (C=O) groups excluding carboxylic acids is 1. The largest absolute Gasteiger partial charge is 0.465 e. The molecule has 0 radical (unpaired) electrons. The Morgan fingerprint density at radius 3 is 2.58 bits per heavy atom. The number of pyridine rings is 1. The molecule has 19 heavy (non-hydrogen) atoms. The average molecular weight is 264 g/mol. The number of aromatic nitrogens is 1. The highest BCUT2D eigenvalue weighted by atomic mass is 16.4. The Labute approximate surface area is 110 Å². The Balaban J connectivity index is 1.82. The Kier molecular flexibility index (Phi) is 3.84. The van der Waals surface area contributed by atoms with E-state index in [1.54, 1.807) is 25.4 Å². The van der Waals surface area contributed by atoms with Crippen molar-refractivity contribution >= 4 is 17.7 Å². The predicted octanol–water partition coefficient (Wildman–Crippen LogP) is 0.652. The quantitative estimate of drug-likeness (QED) is 0.639. The molecular weight excluding hydrogens is 248 g/mol. The molecule has 1 fully saturated rings. The topological polar surface area (TPSA) is 103 Å². The van der Waals surface area contributed by atoms with Crippen molar-refractivity contribution in [3.63, 3.8) is 0 Å². The summed E-state index contributed by atoms with van der Waals surface area (Å²) in [6, 6.07) is 3.69. The predicted molar refractivity (Wildman–Crippen MR) is 69.2 cm³/mol. The number of nitrogens with one attached hydrogen (secondary N) is 3. The van der Waals surface area contributed by atoms with Gasteiger partial charge >= 0.3 is 6.09 Å². The molecule has 1 heterocycles. The van der Waals surface area contributed by atoms with Gasteiger partial charge in [-0.25, -0.2) is 9.78 Å². The van der Waals surface area contributed by atoms with Crippen LogP contribution in [0.15, 0.2) is 18.3 Å². The molecule has 0 spiro atoms. The van der Waals surface area contributed by atoms with E-state index in [4.69, 9.17) is 5.11 Å². The zero-order valence-corrected chi connectivity index (χ0v) is 10.5. The molecule has 0 aromatic carbocycles. The first-order valence-electron chi connectivity index (χ1n) is 6.02. The average Bonchev–Trinajstić information content (AvgIpc) is 2.35. The molecule has 4 N–H and O–H groups in total. The van der Waals surface area contributed by atoms with Crippen molar-refractivity contribution in [1.82, 2.24) is 15.6 Å². The summed E-state index contributed by atoms with van der Waals surface area (Å²) in [5.74, 6) is -0.221. The number of carboxylic acid groups (broad SMARTS) is 1. The second-order valence-electron chi connectivity index (χ2n) is 4.47. The van der Waals surface area contributed by atoms with E-state index in [1.165, 1.54) is 0 Å². The van der Waals surface area contributed by atoms with Gasteiger partial charge in [-0.1, -0.05) is 0 Å². The maximum Gasteiger partial charge on any atom is 0.404 e. The highest BCUT2D eigenvalue weighted by Crippen LogP contribution is 2.23. The van der Waals surface area contributed by atoms with Crippen LogP contribution in [0.4, 0.5) is 10.5 Å². The second-order valence-corrected chi connectivity index (χ2v) is 4.47. The number of carbonyl (C=O) groups is 2. The number of nitrogens with zero attached hydrogens (tertiary/aromatic N) is 1. The van der Waals surface area contributed by atoms with Crippen LogP contribution >= 0.6 is 0 Å². The smallest absolute Gasteiger partial charge is 0.404 e. The van der Waals surface area contributed by atoms with Gasteiger partial charge in [0.1, 0.15) is 5.69 Å². The van der Waals surface area contributed by atoms with E-state index in [0.717, 1.165) is 18.5 Å². The molecule has 1 aromatic heterocycles. The van der Waals surface area contributed by atoms with Crippen LogP contribution < -0.4 is 16.0 Å². The van der Waals surface area contributed by atoms with Gasteiger partial charge in [-0.3, -0.25) is 4.79 Å². The maximum absolute atomic E-state index is 11.3. The molecule has 0 aliphatic heterocycles. The minimum Gasteiger partial charge on any atom is -0.465 e. The third-order valence-electron chi connectivity index (χ3n) is 3.06. The van der Waals surface area contributed by atoms with Crippen LogP contribution in [0.1, 0.15) is 23.3 Å². The summed E-state index contributed by atoms with van der Waals surface area (Å²) in [6.45, 7) is 0. The Hall–Kier alpha value is -2.31. The van der Waals surface area contributed by atoms with Crippen molar-refractivity contribution in [3.8, 4) is 0 Å². The minimum atomic E-state index is -0.986. The van der Waals surface area contributed by atoms with Gasteiger partial charge in [0.15, 0.2) is 0 Å². The van der Waals surface area contributed by atoms with Gasteiger partial charge in [0, 0.05) is 19.1 Å². The van der Waals surface area contributed by atoms with E-state index in [2.05, 4.69) is 20.9 Å². The summed E-state index contributed by atoms with van der Waals surface area (Å²) in [7, 11) is 1.56. The maximum atomic E-state index is 11.3. The molecule has 0 bridgehead atoms. The van der Waals surface area contributed by atoms with Crippen LogP contribution in [-0.4, -0.2) is 41.2 Å². The van der Waals surface area contributed by atoms with Crippen LogP contribution in [0.2, 0.25) is 0 Å². The SMILES string of the molecule is CNC(=O)c1ccc(NC2CC(NC(=O)O)C2)cn1. The molecule has 0 saturated heterocycles. The van der Waals surface area contributed by atoms with Crippen LogP contribution in [0.5, 0.6) is 0 Å². The number of amides is 2. The van der Waals surface area contributed by atoms with Gasteiger partial charge < -0.3 is 21.1 Å². The van der Waals surface area contributed by atoms with E-state index in [1.807, 2.05) is 0 Å². The van der Waals surface area contributed by atoms with Gasteiger partial charge in [-0.2, -0.15) is 0 Å². The van der Waals surface area contributed by atoms with E-state index in [0.29, 0.717) is 5.69 Å². The lowest BCUT2D eigenvalue weighted by Gasteiger charge is -2.36. The fraction of sp³-hybridized carbons (Fsp3) is 0.417. The number of hydrogen-bond donors (Lipinski definition) is 4. The Morgan fingerprint density at radius 2 is 2.05 bits per heavy atom. The van der Waals surface area contributed by atoms with Crippen molar-refractivity contribution in [3.05, 3.63) is 24.0 Å². The lowest BCUT2D eigenvalue weighted by Crippen LogP contribution is -2.49. The Morgan fingerprint density at radius 1 is 1.32 bits per heavy atom. The first-order chi connectivity index (χ1) is 9.08. The molecule has 2 amide bonds. The van der Waals surface area contributed by atoms with Crippen molar-refractivity contribution in [2.24, 2.45) is 0 Å². The molecule has 1 aromatic rings. The van der Waals surface area contributed by atoms with Gasteiger partial charge in [0.25, 0.3) is 5.91 Å². The third kappa shape index (κ3) is 3.34. The first kappa shape index (κ1) is 13.1.